The van der Waals surface area contributed by atoms with Gasteiger partial charge in [0.05, 0.1) is 19.4 Å². The van der Waals surface area contributed by atoms with E-state index in [4.69, 9.17) is 9.15 Å². The summed E-state index contributed by atoms with van der Waals surface area (Å²) in [5.74, 6) is 1.32. The van der Waals surface area contributed by atoms with Crippen molar-refractivity contribution in [1.29, 1.82) is 0 Å². The molecule has 18 heavy (non-hydrogen) atoms. The summed E-state index contributed by atoms with van der Waals surface area (Å²) in [5, 5.41) is 2.86. The summed E-state index contributed by atoms with van der Waals surface area (Å²) in [6, 6.07) is 10.4. The summed E-state index contributed by atoms with van der Waals surface area (Å²) >= 11 is 0. The van der Waals surface area contributed by atoms with Gasteiger partial charge >= 0.3 is 0 Å². The Morgan fingerprint density at radius 2 is 2.00 bits per heavy atom. The number of furan rings is 1. The van der Waals surface area contributed by atoms with Crippen LogP contribution in [-0.4, -0.2) is 13.0 Å². The fraction of sp³-hybridized carbons (Fsp3) is 0.214. The van der Waals surface area contributed by atoms with E-state index in [1.807, 2.05) is 13.0 Å². The van der Waals surface area contributed by atoms with Crippen molar-refractivity contribution >= 4 is 5.91 Å². The second-order valence-corrected chi connectivity index (χ2v) is 3.94. The van der Waals surface area contributed by atoms with Gasteiger partial charge in [-0.1, -0.05) is 0 Å². The van der Waals surface area contributed by atoms with Crippen molar-refractivity contribution in [2.75, 3.05) is 7.11 Å². The molecule has 0 aliphatic rings. The third kappa shape index (κ3) is 2.71. The quantitative estimate of drug-likeness (QED) is 0.901. The molecule has 1 aromatic heterocycles. The standard InChI is InChI=1S/C14H15NO3/c1-10(13-4-3-9-18-13)15-14(16)11-5-7-12(17-2)8-6-11/h3-10H,1-2H3,(H,15,16)/t10-/m0/s1. The van der Waals surface area contributed by atoms with Gasteiger partial charge in [-0.15, -0.1) is 0 Å². The smallest absolute Gasteiger partial charge is 0.251 e. The van der Waals surface area contributed by atoms with Crippen LogP contribution in [0, 0.1) is 0 Å². The van der Waals surface area contributed by atoms with E-state index in [0.29, 0.717) is 5.56 Å². The van der Waals surface area contributed by atoms with Gasteiger partial charge in [-0.3, -0.25) is 4.79 Å². The molecule has 4 heteroatoms. The highest BCUT2D eigenvalue weighted by atomic mass is 16.5. The number of nitrogens with one attached hydrogen (secondary N) is 1. The van der Waals surface area contributed by atoms with Crippen LogP contribution >= 0.6 is 0 Å². The lowest BCUT2D eigenvalue weighted by Gasteiger charge is -2.11. The molecule has 0 aliphatic carbocycles. The number of hydrogen-bond acceptors (Lipinski definition) is 3. The predicted molar refractivity (Wildman–Crippen MR) is 67.6 cm³/mol. The molecule has 1 N–H and O–H groups in total. The summed E-state index contributed by atoms with van der Waals surface area (Å²) in [7, 11) is 1.59. The molecular weight excluding hydrogens is 230 g/mol. The molecule has 0 saturated heterocycles. The van der Waals surface area contributed by atoms with Gasteiger partial charge in [0.25, 0.3) is 5.91 Å². The van der Waals surface area contributed by atoms with Gasteiger partial charge in [0.2, 0.25) is 0 Å². The number of rotatable bonds is 4. The minimum absolute atomic E-state index is 0.137. The zero-order valence-electron chi connectivity index (χ0n) is 10.3. The number of amides is 1. The topological polar surface area (TPSA) is 51.5 Å². The highest BCUT2D eigenvalue weighted by Gasteiger charge is 2.13. The Morgan fingerprint density at radius 1 is 1.28 bits per heavy atom. The molecule has 1 aromatic carbocycles. The van der Waals surface area contributed by atoms with Gasteiger partial charge in [0.15, 0.2) is 0 Å². The van der Waals surface area contributed by atoms with Crippen LogP contribution in [0.3, 0.4) is 0 Å². The highest BCUT2D eigenvalue weighted by molar-refractivity contribution is 5.94. The fourth-order valence-electron chi connectivity index (χ4n) is 1.63. The van der Waals surface area contributed by atoms with Crippen molar-refractivity contribution in [2.24, 2.45) is 0 Å². The third-order valence-corrected chi connectivity index (χ3v) is 2.67. The van der Waals surface area contributed by atoms with Crippen LogP contribution in [0.15, 0.2) is 47.1 Å². The Balaban J connectivity index is 2.03. The maximum absolute atomic E-state index is 12.0. The average Bonchev–Trinajstić information content (AvgIpc) is 2.92. The molecule has 0 aliphatic heterocycles. The molecule has 0 bridgehead atoms. The van der Waals surface area contributed by atoms with E-state index in [2.05, 4.69) is 5.32 Å². The lowest BCUT2D eigenvalue weighted by Crippen LogP contribution is -2.26. The third-order valence-electron chi connectivity index (χ3n) is 2.67. The summed E-state index contributed by atoms with van der Waals surface area (Å²) in [4.78, 5) is 12.0. The Labute approximate surface area is 106 Å². The Bertz CT molecular complexity index is 502. The van der Waals surface area contributed by atoms with Crippen LogP contribution in [0.2, 0.25) is 0 Å². The van der Waals surface area contributed by atoms with Crippen molar-refractivity contribution in [1.82, 2.24) is 5.32 Å². The van der Waals surface area contributed by atoms with E-state index in [0.717, 1.165) is 11.5 Å². The largest absolute Gasteiger partial charge is 0.497 e. The first kappa shape index (κ1) is 12.2. The average molecular weight is 245 g/mol. The minimum atomic E-state index is -0.158. The van der Waals surface area contributed by atoms with Gasteiger partial charge in [-0.05, 0) is 43.3 Å². The molecule has 0 radical (unpaired) electrons. The maximum Gasteiger partial charge on any atom is 0.251 e. The van der Waals surface area contributed by atoms with Crippen LogP contribution in [0.1, 0.15) is 29.1 Å². The van der Waals surface area contributed by atoms with Crippen molar-refractivity contribution < 1.29 is 13.9 Å². The van der Waals surface area contributed by atoms with E-state index in [-0.39, 0.29) is 11.9 Å². The number of carbonyl (C=O) groups is 1. The van der Waals surface area contributed by atoms with Gasteiger partial charge in [-0.2, -0.15) is 0 Å². The Morgan fingerprint density at radius 3 is 2.56 bits per heavy atom. The monoisotopic (exact) mass is 245 g/mol. The van der Waals surface area contributed by atoms with E-state index in [1.54, 1.807) is 43.7 Å². The predicted octanol–water partition coefficient (Wildman–Crippen LogP) is 2.78. The molecule has 0 unspecified atom stereocenters. The van der Waals surface area contributed by atoms with E-state index in [9.17, 15) is 4.79 Å². The van der Waals surface area contributed by atoms with E-state index >= 15 is 0 Å². The molecule has 2 aromatic rings. The van der Waals surface area contributed by atoms with Crippen molar-refractivity contribution in [2.45, 2.75) is 13.0 Å². The lowest BCUT2D eigenvalue weighted by atomic mass is 10.2. The second kappa shape index (κ2) is 5.40. The highest BCUT2D eigenvalue weighted by Crippen LogP contribution is 2.15. The fourth-order valence-corrected chi connectivity index (χ4v) is 1.63. The molecule has 94 valence electrons. The van der Waals surface area contributed by atoms with Crippen LogP contribution in [-0.2, 0) is 0 Å². The van der Waals surface area contributed by atoms with Crippen molar-refractivity contribution in [3.63, 3.8) is 0 Å². The zero-order valence-corrected chi connectivity index (χ0v) is 10.3. The summed E-state index contributed by atoms with van der Waals surface area (Å²) in [5.41, 5.74) is 0.592. The summed E-state index contributed by atoms with van der Waals surface area (Å²) in [6.07, 6.45) is 1.59. The van der Waals surface area contributed by atoms with Crippen LogP contribution < -0.4 is 10.1 Å². The molecule has 1 heterocycles. The Kier molecular flexibility index (Phi) is 3.67. The van der Waals surface area contributed by atoms with Gasteiger partial charge in [-0.25, -0.2) is 0 Å². The number of carbonyl (C=O) groups excluding carboxylic acids is 1. The molecular formula is C14H15NO3. The molecule has 0 spiro atoms. The van der Waals surface area contributed by atoms with Crippen LogP contribution in [0.5, 0.6) is 5.75 Å². The zero-order chi connectivity index (χ0) is 13.0. The van der Waals surface area contributed by atoms with Crippen molar-refractivity contribution in [3.8, 4) is 5.75 Å². The number of benzene rings is 1. The number of ether oxygens (including phenoxy) is 1. The van der Waals surface area contributed by atoms with E-state index < -0.39 is 0 Å². The molecule has 1 atom stereocenters. The molecule has 1 amide bonds. The molecule has 0 fully saturated rings. The number of hydrogen-bond donors (Lipinski definition) is 1. The minimum Gasteiger partial charge on any atom is -0.497 e. The number of methoxy groups -OCH3 is 1. The molecule has 2 rings (SSSR count). The first-order chi connectivity index (χ1) is 8.70. The van der Waals surface area contributed by atoms with Gasteiger partial charge in [0.1, 0.15) is 11.5 Å². The van der Waals surface area contributed by atoms with Gasteiger partial charge < -0.3 is 14.5 Å². The van der Waals surface area contributed by atoms with Gasteiger partial charge in [0, 0.05) is 5.56 Å². The SMILES string of the molecule is COc1ccc(C(=O)N[C@@H](C)c2ccco2)cc1. The van der Waals surface area contributed by atoms with Crippen molar-refractivity contribution in [3.05, 3.63) is 54.0 Å². The molecule has 4 nitrogen and oxygen atoms in total. The van der Waals surface area contributed by atoms with Crippen LogP contribution in [0.25, 0.3) is 0 Å². The van der Waals surface area contributed by atoms with Crippen LogP contribution in [0.4, 0.5) is 0 Å². The normalized spacial score (nSPS) is 11.9. The second-order valence-electron chi connectivity index (χ2n) is 3.94. The first-order valence-electron chi connectivity index (χ1n) is 5.69. The lowest BCUT2D eigenvalue weighted by molar-refractivity contribution is 0.0935. The Hall–Kier alpha value is -2.23. The van der Waals surface area contributed by atoms with E-state index in [1.165, 1.54) is 0 Å². The molecule has 0 saturated carbocycles. The first-order valence-corrected chi connectivity index (χ1v) is 5.69. The summed E-state index contributed by atoms with van der Waals surface area (Å²) in [6.45, 7) is 1.88. The summed E-state index contributed by atoms with van der Waals surface area (Å²) < 4.78 is 10.3. The maximum atomic E-state index is 12.0.